The number of rotatable bonds is 5. The summed E-state index contributed by atoms with van der Waals surface area (Å²) in [5.74, 6) is -45.1. The van der Waals surface area contributed by atoms with Crippen LogP contribution in [0.3, 0.4) is 0 Å². The van der Waals surface area contributed by atoms with E-state index in [0.717, 1.165) is 0 Å². The molecular formula is C35H21BF16N-. The van der Waals surface area contributed by atoms with E-state index >= 15 is 35.1 Å². The normalized spacial score (nSPS) is 11.5. The van der Waals surface area contributed by atoms with Crippen LogP contribution in [0.25, 0.3) is 0 Å². The molecule has 0 spiro atoms. The van der Waals surface area contributed by atoms with Gasteiger partial charge in [-0.3, -0.25) is 0 Å². The van der Waals surface area contributed by atoms with Crippen LogP contribution in [-0.2, 0) is 0 Å². The van der Waals surface area contributed by atoms with Gasteiger partial charge in [0.2, 0.25) is 0 Å². The maximum Gasteiger partial charge on any atom is 0.191 e. The van der Waals surface area contributed by atoms with Gasteiger partial charge in [-0.05, 0) is 31.9 Å². The molecule has 0 fully saturated rings. The number of aryl methyl sites for hydroxylation is 3. The van der Waals surface area contributed by atoms with Crippen LogP contribution in [0.15, 0.2) is 36.4 Å². The zero-order valence-corrected chi connectivity index (χ0v) is 27.5. The molecule has 5 aromatic carbocycles. The Morgan fingerprint density at radius 3 is 0.774 bits per heavy atom. The Kier molecular flexibility index (Phi) is 11.3. The molecule has 0 aliphatic heterocycles. The lowest BCUT2D eigenvalue weighted by Crippen LogP contribution is -2.80. The minimum absolute atomic E-state index is 0.731. The van der Waals surface area contributed by atoms with Gasteiger partial charge in [0, 0.05) is 44.0 Å². The first kappa shape index (κ1) is 40.6. The molecule has 0 aromatic heterocycles. The SMILES string of the molecule is Cc1cc(C)c(N(C)C)c(C)c1.Fc1cc(F)c([B-](c2c(F)cc(F)c(F)c2F)(c2c(F)cc(F)c(F)c2F)c2c(F)cc(F)c(F)c2F)c(F)c1F. The highest BCUT2D eigenvalue weighted by atomic mass is 19.2. The van der Waals surface area contributed by atoms with Crippen molar-refractivity contribution in [2.45, 2.75) is 20.8 Å². The molecule has 0 aliphatic carbocycles. The van der Waals surface area contributed by atoms with E-state index in [1.54, 1.807) is 0 Å². The summed E-state index contributed by atoms with van der Waals surface area (Å²) in [6.07, 6.45) is -6.18. The highest BCUT2D eigenvalue weighted by Crippen LogP contribution is 2.28. The quantitative estimate of drug-likeness (QED) is 0.0760. The van der Waals surface area contributed by atoms with E-state index in [9.17, 15) is 35.1 Å². The van der Waals surface area contributed by atoms with E-state index in [4.69, 9.17) is 0 Å². The maximum atomic E-state index is 15.3. The van der Waals surface area contributed by atoms with E-state index in [0.29, 0.717) is 0 Å². The number of anilines is 1. The molecule has 0 bridgehead atoms. The van der Waals surface area contributed by atoms with E-state index in [2.05, 4.69) is 51.9 Å². The smallest absolute Gasteiger partial charge is 0.191 e. The number of hydrogen-bond acceptors (Lipinski definition) is 1. The summed E-state index contributed by atoms with van der Waals surface area (Å²) in [5.41, 5.74) is -5.53. The average Bonchev–Trinajstić information content (AvgIpc) is 3.03. The first-order chi connectivity index (χ1) is 24.5. The van der Waals surface area contributed by atoms with Crippen LogP contribution >= 0.6 is 0 Å². The summed E-state index contributed by atoms with van der Waals surface area (Å²) in [4.78, 5) is 2.17. The van der Waals surface area contributed by atoms with Gasteiger partial charge >= 0.3 is 0 Å². The molecule has 5 rings (SSSR count). The lowest BCUT2D eigenvalue weighted by molar-refractivity contribution is 0.434. The Balaban J connectivity index is 0.000000443. The largest absolute Gasteiger partial charge is 0.377 e. The lowest BCUT2D eigenvalue weighted by Gasteiger charge is -2.44. The van der Waals surface area contributed by atoms with Crippen LogP contribution in [0.5, 0.6) is 0 Å². The summed E-state index contributed by atoms with van der Waals surface area (Å²) in [6, 6.07) is 1.53. The fourth-order valence-corrected chi connectivity index (χ4v) is 6.65. The predicted octanol–water partition coefficient (Wildman–Crippen LogP) is 7.97. The molecule has 0 saturated carbocycles. The Labute approximate surface area is 290 Å². The first-order valence-corrected chi connectivity index (χ1v) is 14.8. The number of halogens is 16. The Hall–Kier alpha value is -5.16. The van der Waals surface area contributed by atoms with Gasteiger partial charge in [0.1, 0.15) is 29.4 Å². The second-order valence-corrected chi connectivity index (χ2v) is 12.0. The van der Waals surface area contributed by atoms with Crippen molar-refractivity contribution in [3.63, 3.8) is 0 Å². The van der Waals surface area contributed by atoms with Crippen molar-refractivity contribution in [3.05, 3.63) is 146 Å². The summed E-state index contributed by atoms with van der Waals surface area (Å²) >= 11 is 0. The summed E-state index contributed by atoms with van der Waals surface area (Å²) in [5, 5.41) is 0. The maximum absolute atomic E-state index is 15.3. The monoisotopic (exact) mass is 770 g/mol. The predicted molar refractivity (Wildman–Crippen MR) is 164 cm³/mol. The van der Waals surface area contributed by atoms with Crippen LogP contribution in [0.4, 0.5) is 75.9 Å². The summed E-state index contributed by atoms with van der Waals surface area (Å²) in [6.45, 7) is 6.46. The fourth-order valence-electron chi connectivity index (χ4n) is 6.65. The first-order valence-electron chi connectivity index (χ1n) is 14.8. The standard InChI is InChI=1S/C24H4BF16.C11H17N/c26-5-1-9(30)17(34)21(38)13(5)25(14-6(27)2-10(31)18(35)22(14)39,15-7(28)3-11(32)19(36)23(15)40)16-8(29)4-12(33)20(37)24(16)41;1-8-6-9(2)11(12(4)5)10(3)7-8/h1-4H;6-7H,1-5H3/q-1;. The van der Waals surface area contributed by atoms with Crippen molar-refractivity contribution < 1.29 is 70.2 Å². The molecule has 0 heterocycles. The minimum atomic E-state index is -6.18. The van der Waals surface area contributed by atoms with Gasteiger partial charge in [-0.1, -0.05) is 17.7 Å². The Morgan fingerprint density at radius 2 is 0.566 bits per heavy atom. The Bertz CT molecular complexity index is 2010. The summed E-state index contributed by atoms with van der Waals surface area (Å²) < 4.78 is 235. The molecule has 5 aromatic rings. The van der Waals surface area contributed by atoms with Gasteiger partial charge in [-0.25, -0.2) is 70.2 Å². The molecule has 18 heteroatoms. The van der Waals surface area contributed by atoms with Gasteiger partial charge in [-0.15, -0.1) is 21.9 Å². The second kappa shape index (κ2) is 14.7. The lowest BCUT2D eigenvalue weighted by atomic mass is 9.12. The fraction of sp³-hybridized carbons (Fsp3) is 0.143. The molecular weight excluding hydrogens is 749 g/mol. The zero-order chi connectivity index (χ0) is 40.2. The van der Waals surface area contributed by atoms with Crippen LogP contribution in [0.2, 0.25) is 0 Å². The third-order valence-corrected chi connectivity index (χ3v) is 8.41. The second-order valence-electron chi connectivity index (χ2n) is 12.0. The van der Waals surface area contributed by atoms with Crippen molar-refractivity contribution in [1.82, 2.24) is 0 Å². The van der Waals surface area contributed by atoms with Crippen molar-refractivity contribution in [1.29, 1.82) is 0 Å². The number of nitrogens with zero attached hydrogens (tertiary/aromatic N) is 1. The zero-order valence-electron chi connectivity index (χ0n) is 27.5. The third-order valence-electron chi connectivity index (χ3n) is 8.41. The Morgan fingerprint density at radius 1 is 0.340 bits per heavy atom. The van der Waals surface area contributed by atoms with E-state index in [1.807, 2.05) is 0 Å². The average molecular weight is 770 g/mol. The molecule has 282 valence electrons. The van der Waals surface area contributed by atoms with Gasteiger partial charge in [0.05, 0.1) is 23.3 Å². The van der Waals surface area contributed by atoms with Crippen molar-refractivity contribution in [3.8, 4) is 0 Å². The van der Waals surface area contributed by atoms with Crippen molar-refractivity contribution in [2.24, 2.45) is 0 Å². The van der Waals surface area contributed by atoms with Crippen LogP contribution in [0.1, 0.15) is 16.7 Å². The molecule has 0 saturated heterocycles. The van der Waals surface area contributed by atoms with Crippen LogP contribution < -0.4 is 26.8 Å². The van der Waals surface area contributed by atoms with Gasteiger partial charge in [0.15, 0.2) is 46.5 Å². The van der Waals surface area contributed by atoms with Crippen molar-refractivity contribution in [2.75, 3.05) is 19.0 Å². The van der Waals surface area contributed by atoms with Crippen molar-refractivity contribution >= 4 is 33.7 Å². The van der Waals surface area contributed by atoms with Crippen LogP contribution in [0, 0.1) is 114 Å². The molecule has 0 amide bonds. The molecule has 0 radical (unpaired) electrons. The molecule has 0 aliphatic rings. The molecule has 53 heavy (non-hydrogen) atoms. The number of benzene rings is 5. The van der Waals surface area contributed by atoms with Crippen LogP contribution in [-0.4, -0.2) is 20.2 Å². The van der Waals surface area contributed by atoms with Gasteiger partial charge in [-0.2, -0.15) is 0 Å². The van der Waals surface area contributed by atoms with E-state index in [-0.39, 0.29) is 0 Å². The topological polar surface area (TPSA) is 3.24 Å². The van der Waals surface area contributed by atoms with E-state index in [1.165, 1.54) is 22.4 Å². The highest BCUT2D eigenvalue weighted by Gasteiger charge is 2.49. The van der Waals surface area contributed by atoms with E-state index < -0.39 is 145 Å². The number of hydrogen-bond donors (Lipinski definition) is 0. The molecule has 0 unspecified atom stereocenters. The van der Waals surface area contributed by atoms with Gasteiger partial charge in [0.25, 0.3) is 0 Å². The molecule has 0 N–H and O–H groups in total. The molecule has 0 atom stereocenters. The third kappa shape index (κ3) is 6.67. The van der Waals surface area contributed by atoms with Gasteiger partial charge < -0.3 is 4.90 Å². The minimum Gasteiger partial charge on any atom is -0.377 e. The molecule has 1 nitrogen and oxygen atoms in total. The highest BCUT2D eigenvalue weighted by molar-refractivity contribution is 7.20. The summed E-state index contributed by atoms with van der Waals surface area (Å²) in [7, 11) is 4.18.